The predicted molar refractivity (Wildman–Crippen MR) is 62.8 cm³/mol. The Balaban J connectivity index is 2.61. The molecule has 0 bridgehead atoms. The Morgan fingerprint density at radius 3 is 2.24 bits per heavy atom. The molecule has 1 aliphatic rings. The molecular formula is C12H21NO4. The average Bonchev–Trinajstić information content (AvgIpc) is 2.78. The Labute approximate surface area is 102 Å². The van der Waals surface area contributed by atoms with E-state index in [1.807, 2.05) is 6.92 Å². The molecule has 17 heavy (non-hydrogen) atoms. The summed E-state index contributed by atoms with van der Waals surface area (Å²) < 4.78 is 5.20. The molecule has 1 saturated carbocycles. The summed E-state index contributed by atoms with van der Waals surface area (Å²) in [4.78, 5) is 23.9. The first kappa shape index (κ1) is 13.8. The number of carbonyl (C=O) groups is 2. The molecule has 1 aliphatic carbocycles. The van der Waals surface area contributed by atoms with Gasteiger partial charge in [-0.3, -0.25) is 9.69 Å². The summed E-state index contributed by atoms with van der Waals surface area (Å²) in [7, 11) is 0. The highest BCUT2D eigenvalue weighted by Gasteiger charge is 2.41. The molecule has 0 radical (unpaired) electrons. The van der Waals surface area contributed by atoms with E-state index in [0.717, 1.165) is 12.8 Å². The van der Waals surface area contributed by atoms with Gasteiger partial charge >= 0.3 is 12.1 Å². The number of nitrogens with zero attached hydrogens (tertiary/aromatic N) is 1. The summed E-state index contributed by atoms with van der Waals surface area (Å²) in [6.45, 7) is 7.50. The van der Waals surface area contributed by atoms with Gasteiger partial charge in [0, 0.05) is 6.54 Å². The minimum absolute atomic E-state index is 0.0757. The van der Waals surface area contributed by atoms with Crippen molar-refractivity contribution in [1.82, 2.24) is 4.90 Å². The zero-order valence-corrected chi connectivity index (χ0v) is 10.9. The van der Waals surface area contributed by atoms with Gasteiger partial charge in [0.25, 0.3) is 0 Å². The van der Waals surface area contributed by atoms with Crippen molar-refractivity contribution < 1.29 is 19.4 Å². The van der Waals surface area contributed by atoms with Gasteiger partial charge in [0.1, 0.15) is 12.1 Å². The van der Waals surface area contributed by atoms with Gasteiger partial charge in [0.15, 0.2) is 0 Å². The molecule has 0 atom stereocenters. The lowest BCUT2D eigenvalue weighted by atomic mass is 10.1. The number of carboxylic acid groups (broad SMARTS) is 1. The van der Waals surface area contributed by atoms with Crippen LogP contribution in [0.5, 0.6) is 0 Å². The third-order valence-electron chi connectivity index (χ3n) is 2.65. The number of carbonyl (C=O) groups excluding carboxylic acids is 1. The lowest BCUT2D eigenvalue weighted by Gasteiger charge is -2.28. The van der Waals surface area contributed by atoms with E-state index in [-0.39, 0.29) is 12.0 Å². The number of ether oxygens (including phenoxy) is 1. The van der Waals surface area contributed by atoms with Crippen molar-refractivity contribution >= 4 is 12.1 Å². The van der Waals surface area contributed by atoms with Gasteiger partial charge in [0.05, 0.1) is 0 Å². The van der Waals surface area contributed by atoms with Gasteiger partial charge in [0.2, 0.25) is 0 Å². The van der Waals surface area contributed by atoms with E-state index in [2.05, 4.69) is 0 Å². The van der Waals surface area contributed by atoms with Crippen molar-refractivity contribution in [2.45, 2.75) is 46.1 Å². The van der Waals surface area contributed by atoms with Crippen LogP contribution in [0.3, 0.4) is 0 Å². The lowest BCUT2D eigenvalue weighted by Crippen LogP contribution is -2.42. The Morgan fingerprint density at radius 1 is 1.35 bits per heavy atom. The topological polar surface area (TPSA) is 66.8 Å². The second-order valence-electron chi connectivity index (χ2n) is 6.04. The Hall–Kier alpha value is -1.26. The van der Waals surface area contributed by atoms with Crippen LogP contribution in [0.1, 0.15) is 40.5 Å². The third kappa shape index (κ3) is 5.06. The minimum atomic E-state index is -1.01. The van der Waals surface area contributed by atoms with Crippen LogP contribution in [0.15, 0.2) is 0 Å². The highest BCUT2D eigenvalue weighted by atomic mass is 16.6. The third-order valence-corrected chi connectivity index (χ3v) is 2.65. The van der Waals surface area contributed by atoms with E-state index in [9.17, 15) is 9.59 Å². The van der Waals surface area contributed by atoms with E-state index < -0.39 is 17.7 Å². The maximum Gasteiger partial charge on any atom is 0.410 e. The van der Waals surface area contributed by atoms with E-state index in [4.69, 9.17) is 9.84 Å². The van der Waals surface area contributed by atoms with Gasteiger partial charge in [-0.25, -0.2) is 4.79 Å². The molecule has 0 aromatic heterocycles. The standard InChI is InChI=1S/C12H21NO4/c1-11(2,3)17-10(16)13(7-9(14)15)8-12(4)5-6-12/h5-8H2,1-4H3,(H,14,15). The van der Waals surface area contributed by atoms with Crippen molar-refractivity contribution in [3.63, 3.8) is 0 Å². The minimum Gasteiger partial charge on any atom is -0.480 e. The maximum absolute atomic E-state index is 11.8. The molecule has 1 rings (SSSR count). The molecule has 0 spiro atoms. The van der Waals surface area contributed by atoms with Crippen LogP contribution < -0.4 is 0 Å². The summed E-state index contributed by atoms with van der Waals surface area (Å²) in [5.41, 5.74) is -0.523. The quantitative estimate of drug-likeness (QED) is 0.821. The molecule has 0 saturated heterocycles. The first-order chi connectivity index (χ1) is 7.61. The van der Waals surface area contributed by atoms with Crippen molar-refractivity contribution in [2.24, 2.45) is 5.41 Å². The van der Waals surface area contributed by atoms with Crippen LogP contribution in [-0.4, -0.2) is 40.8 Å². The van der Waals surface area contributed by atoms with Crippen molar-refractivity contribution in [2.75, 3.05) is 13.1 Å². The van der Waals surface area contributed by atoms with E-state index >= 15 is 0 Å². The average molecular weight is 243 g/mol. The number of amides is 1. The molecular weight excluding hydrogens is 222 g/mol. The summed E-state index contributed by atoms with van der Waals surface area (Å²) in [6, 6.07) is 0. The van der Waals surface area contributed by atoms with Gasteiger partial charge < -0.3 is 9.84 Å². The molecule has 0 heterocycles. The van der Waals surface area contributed by atoms with E-state index in [1.165, 1.54) is 4.90 Å². The van der Waals surface area contributed by atoms with E-state index in [0.29, 0.717) is 6.54 Å². The second kappa shape index (κ2) is 4.55. The van der Waals surface area contributed by atoms with Crippen molar-refractivity contribution in [1.29, 1.82) is 0 Å². The van der Waals surface area contributed by atoms with Gasteiger partial charge in [-0.2, -0.15) is 0 Å². The van der Waals surface area contributed by atoms with Crippen molar-refractivity contribution in [3.05, 3.63) is 0 Å². The van der Waals surface area contributed by atoms with Gasteiger partial charge in [-0.05, 0) is 39.0 Å². The van der Waals surface area contributed by atoms with Crippen LogP contribution >= 0.6 is 0 Å². The Morgan fingerprint density at radius 2 is 1.88 bits per heavy atom. The first-order valence-corrected chi connectivity index (χ1v) is 5.81. The van der Waals surface area contributed by atoms with Crippen molar-refractivity contribution in [3.8, 4) is 0 Å². The monoisotopic (exact) mass is 243 g/mol. The fourth-order valence-electron chi connectivity index (χ4n) is 1.51. The molecule has 5 heteroatoms. The SMILES string of the molecule is CC1(CN(CC(=O)O)C(=O)OC(C)(C)C)CC1. The summed E-state index contributed by atoms with van der Waals surface area (Å²) in [5, 5.41) is 8.80. The van der Waals surface area contributed by atoms with Crippen LogP contribution in [0.25, 0.3) is 0 Å². The van der Waals surface area contributed by atoms with Gasteiger partial charge in [-0.15, -0.1) is 0 Å². The van der Waals surface area contributed by atoms with Gasteiger partial charge in [-0.1, -0.05) is 6.92 Å². The Bertz CT molecular complexity index is 315. The second-order valence-corrected chi connectivity index (χ2v) is 6.04. The predicted octanol–water partition coefficient (Wildman–Crippen LogP) is 2.11. The normalized spacial score (nSPS) is 17.4. The summed E-state index contributed by atoms with van der Waals surface area (Å²) >= 11 is 0. The zero-order valence-electron chi connectivity index (χ0n) is 10.9. The summed E-state index contributed by atoms with van der Waals surface area (Å²) in [5.74, 6) is -1.01. The molecule has 1 fully saturated rings. The van der Waals surface area contributed by atoms with Crippen LogP contribution in [-0.2, 0) is 9.53 Å². The number of carboxylic acids is 1. The molecule has 0 aromatic rings. The molecule has 1 amide bonds. The first-order valence-electron chi connectivity index (χ1n) is 5.81. The molecule has 0 aliphatic heterocycles. The largest absolute Gasteiger partial charge is 0.480 e. The smallest absolute Gasteiger partial charge is 0.410 e. The fraction of sp³-hybridized carbons (Fsp3) is 0.833. The molecule has 98 valence electrons. The van der Waals surface area contributed by atoms with Crippen LogP contribution in [0.2, 0.25) is 0 Å². The van der Waals surface area contributed by atoms with Crippen LogP contribution in [0, 0.1) is 5.41 Å². The number of hydrogen-bond acceptors (Lipinski definition) is 3. The zero-order chi connectivity index (χ0) is 13.3. The fourth-order valence-corrected chi connectivity index (χ4v) is 1.51. The number of hydrogen-bond donors (Lipinski definition) is 1. The number of aliphatic carboxylic acids is 1. The van der Waals surface area contributed by atoms with E-state index in [1.54, 1.807) is 20.8 Å². The summed E-state index contributed by atoms with van der Waals surface area (Å²) in [6.07, 6.45) is 1.52. The molecule has 1 N–H and O–H groups in total. The molecule has 5 nitrogen and oxygen atoms in total. The maximum atomic E-state index is 11.8. The lowest BCUT2D eigenvalue weighted by molar-refractivity contribution is -0.138. The van der Waals surface area contributed by atoms with Crippen LogP contribution in [0.4, 0.5) is 4.79 Å². The molecule has 0 aromatic carbocycles. The highest BCUT2D eigenvalue weighted by Crippen LogP contribution is 2.45. The highest BCUT2D eigenvalue weighted by molar-refractivity contribution is 5.77. The molecule has 0 unspecified atom stereocenters. The Kier molecular flexibility index (Phi) is 3.69. The number of rotatable bonds is 4.